The third-order valence-corrected chi connectivity index (χ3v) is 6.98. The molecule has 1 aliphatic heterocycles. The van der Waals surface area contributed by atoms with Crippen LogP contribution in [-0.4, -0.2) is 49.5 Å². The molecule has 0 amide bonds. The van der Waals surface area contributed by atoms with Crippen molar-refractivity contribution in [2.24, 2.45) is 11.8 Å². The fourth-order valence-electron chi connectivity index (χ4n) is 4.40. The Kier molecular flexibility index (Phi) is 4.02. The van der Waals surface area contributed by atoms with Gasteiger partial charge in [0, 0.05) is 24.6 Å². The molecule has 4 aromatic rings. The van der Waals surface area contributed by atoms with Crippen LogP contribution in [0, 0.1) is 11.8 Å². The monoisotopic (exact) mass is 425 g/mol. The lowest BCUT2D eigenvalue weighted by molar-refractivity contribution is 0.123. The average Bonchev–Trinajstić information content (AvgIpc) is 3.21. The van der Waals surface area contributed by atoms with Crippen molar-refractivity contribution >= 4 is 28.3 Å². The van der Waals surface area contributed by atoms with Gasteiger partial charge in [-0.3, -0.25) is 0 Å². The van der Waals surface area contributed by atoms with Crippen molar-refractivity contribution in [3.05, 3.63) is 47.7 Å². The summed E-state index contributed by atoms with van der Waals surface area (Å²) in [6.07, 6.45) is 0.701. The third-order valence-electron chi connectivity index (χ3n) is 5.91. The Hall–Kier alpha value is -3.01. The molecule has 3 aromatic heterocycles. The summed E-state index contributed by atoms with van der Waals surface area (Å²) in [5, 5.41) is 14.9. The first-order chi connectivity index (χ1) is 14.7. The van der Waals surface area contributed by atoms with E-state index in [4.69, 9.17) is 0 Å². The highest BCUT2D eigenvalue weighted by Gasteiger charge is 2.58. The third kappa shape index (κ3) is 2.94. The van der Waals surface area contributed by atoms with Crippen LogP contribution >= 0.6 is 11.3 Å². The number of fused-ring (bicyclic) bond motifs is 2. The quantitative estimate of drug-likeness (QED) is 0.488. The zero-order valence-electron chi connectivity index (χ0n) is 15.8. The van der Waals surface area contributed by atoms with Crippen molar-refractivity contribution in [1.29, 1.82) is 0 Å². The molecule has 1 unspecified atom stereocenters. The molecular formula is C20H17F2N7S. The highest BCUT2D eigenvalue weighted by Crippen LogP contribution is 2.59. The second kappa shape index (κ2) is 6.76. The van der Waals surface area contributed by atoms with Gasteiger partial charge in [0.05, 0.1) is 12.4 Å². The van der Waals surface area contributed by atoms with Crippen LogP contribution in [-0.2, 0) is 6.54 Å². The number of halogens is 2. The summed E-state index contributed by atoms with van der Waals surface area (Å²) in [6.45, 7) is 1.24. The van der Waals surface area contributed by atoms with Gasteiger partial charge in [0.15, 0.2) is 5.65 Å². The number of benzene rings is 1. The maximum absolute atomic E-state index is 12.8. The summed E-state index contributed by atoms with van der Waals surface area (Å²) in [5.41, 5.74) is 2.03. The molecule has 10 heteroatoms. The smallest absolute Gasteiger partial charge is 0.258 e. The molecule has 1 aromatic carbocycles. The van der Waals surface area contributed by atoms with Crippen LogP contribution in [0.15, 0.2) is 42.7 Å². The summed E-state index contributed by atoms with van der Waals surface area (Å²) >= 11 is 1.67. The molecule has 6 rings (SSSR count). The van der Waals surface area contributed by atoms with Crippen molar-refractivity contribution in [2.45, 2.75) is 18.9 Å². The molecule has 1 aliphatic carbocycles. The zero-order valence-corrected chi connectivity index (χ0v) is 16.6. The van der Waals surface area contributed by atoms with Crippen molar-refractivity contribution in [1.82, 2.24) is 29.9 Å². The van der Waals surface area contributed by atoms with Gasteiger partial charge in [0.25, 0.3) is 6.43 Å². The van der Waals surface area contributed by atoms with Crippen LogP contribution in [0.2, 0.25) is 0 Å². The van der Waals surface area contributed by atoms with Crippen LogP contribution in [0.3, 0.4) is 0 Å². The summed E-state index contributed by atoms with van der Waals surface area (Å²) in [7, 11) is 0. The number of rotatable bonds is 5. The molecule has 0 radical (unpaired) electrons. The number of nitrogens with zero attached hydrogens (tertiary/aromatic N) is 7. The minimum atomic E-state index is -2.48. The van der Waals surface area contributed by atoms with Crippen molar-refractivity contribution in [3.63, 3.8) is 0 Å². The second-order valence-electron chi connectivity index (χ2n) is 7.72. The van der Waals surface area contributed by atoms with E-state index < -0.39 is 13.0 Å². The maximum Gasteiger partial charge on any atom is 0.258 e. The van der Waals surface area contributed by atoms with Gasteiger partial charge in [-0.15, -0.1) is 10.2 Å². The van der Waals surface area contributed by atoms with E-state index in [0.29, 0.717) is 34.7 Å². The number of alkyl halides is 2. The van der Waals surface area contributed by atoms with Crippen LogP contribution in [0.5, 0.6) is 0 Å². The average molecular weight is 425 g/mol. The molecule has 4 heterocycles. The van der Waals surface area contributed by atoms with Crippen LogP contribution in [0.1, 0.15) is 10.9 Å². The topological polar surface area (TPSA) is 72.6 Å². The van der Waals surface area contributed by atoms with Gasteiger partial charge < -0.3 is 4.90 Å². The predicted octanol–water partition coefficient (Wildman–Crippen LogP) is 3.46. The van der Waals surface area contributed by atoms with Crippen LogP contribution in [0.25, 0.3) is 21.7 Å². The molecule has 1 saturated heterocycles. The molecule has 1 saturated carbocycles. The normalized spacial score (nSPS) is 22.8. The molecule has 3 atom stereocenters. The minimum Gasteiger partial charge on any atom is -0.355 e. The Morgan fingerprint density at radius 2 is 1.87 bits per heavy atom. The Balaban J connectivity index is 1.18. The minimum absolute atomic E-state index is 0.404. The Bertz CT molecular complexity index is 1200. The Morgan fingerprint density at radius 1 is 1.07 bits per heavy atom. The van der Waals surface area contributed by atoms with Gasteiger partial charge in [0.1, 0.15) is 27.9 Å². The van der Waals surface area contributed by atoms with Crippen LogP contribution < -0.4 is 4.90 Å². The van der Waals surface area contributed by atoms with E-state index in [2.05, 4.69) is 30.2 Å². The van der Waals surface area contributed by atoms with Crippen molar-refractivity contribution in [2.75, 3.05) is 18.0 Å². The van der Waals surface area contributed by atoms with E-state index in [1.54, 1.807) is 17.5 Å². The maximum atomic E-state index is 12.8. The van der Waals surface area contributed by atoms with Crippen LogP contribution in [0.4, 0.5) is 14.6 Å². The Morgan fingerprint density at radius 3 is 2.63 bits per heavy atom. The summed E-state index contributed by atoms with van der Waals surface area (Å²) in [5.74, 6) is 2.19. The van der Waals surface area contributed by atoms with E-state index in [1.807, 2.05) is 30.3 Å². The molecule has 0 N–H and O–H groups in total. The molecule has 30 heavy (non-hydrogen) atoms. The number of hydrogen-bond acceptors (Lipinski definition) is 7. The molecule has 2 aliphatic rings. The lowest BCUT2D eigenvalue weighted by atomic mass is 10.2. The van der Waals surface area contributed by atoms with Gasteiger partial charge in [0.2, 0.25) is 0 Å². The fraction of sp³-hybridized carbons (Fsp3) is 0.350. The lowest BCUT2D eigenvalue weighted by Crippen LogP contribution is -2.25. The highest BCUT2D eigenvalue weighted by molar-refractivity contribution is 7.14. The van der Waals surface area contributed by atoms with Gasteiger partial charge in [-0.1, -0.05) is 41.7 Å². The first kappa shape index (κ1) is 17.8. The molecule has 2 fully saturated rings. The number of hydrogen-bond donors (Lipinski definition) is 0. The van der Waals surface area contributed by atoms with Gasteiger partial charge in [-0.05, 0) is 11.8 Å². The molecule has 152 valence electrons. The van der Waals surface area contributed by atoms with Gasteiger partial charge >= 0.3 is 0 Å². The lowest BCUT2D eigenvalue weighted by Gasteiger charge is -2.20. The van der Waals surface area contributed by atoms with E-state index >= 15 is 0 Å². The van der Waals surface area contributed by atoms with Gasteiger partial charge in [-0.2, -0.15) is 5.10 Å². The summed E-state index contributed by atoms with van der Waals surface area (Å²) < 4.78 is 26.8. The number of anilines is 1. The summed E-state index contributed by atoms with van der Waals surface area (Å²) in [6, 6.07) is 10.1. The van der Waals surface area contributed by atoms with Gasteiger partial charge in [-0.25, -0.2) is 23.4 Å². The largest absolute Gasteiger partial charge is 0.355 e. The fourth-order valence-corrected chi connectivity index (χ4v) is 5.50. The molecular weight excluding hydrogens is 408 g/mol. The summed E-state index contributed by atoms with van der Waals surface area (Å²) in [4.78, 5) is 11.1. The van der Waals surface area contributed by atoms with E-state index in [9.17, 15) is 8.78 Å². The molecule has 7 nitrogen and oxygen atoms in total. The van der Waals surface area contributed by atoms with E-state index in [1.165, 1.54) is 10.9 Å². The first-order valence-electron chi connectivity index (χ1n) is 9.78. The second-order valence-corrected chi connectivity index (χ2v) is 8.73. The zero-order chi connectivity index (χ0) is 20.2. The highest BCUT2D eigenvalue weighted by atomic mass is 32.1. The Labute approximate surface area is 174 Å². The van der Waals surface area contributed by atoms with Crippen molar-refractivity contribution < 1.29 is 8.78 Å². The van der Waals surface area contributed by atoms with Crippen molar-refractivity contribution in [3.8, 4) is 10.6 Å². The molecule has 0 bridgehead atoms. The number of aromatic nitrogens is 6. The van der Waals surface area contributed by atoms with E-state index in [-0.39, 0.29) is 0 Å². The standard InChI is InChI=1S/C20H17F2N7S/c21-15(22)10-29-18-14(6-24-29)23-7-16(25-18)28-8-12-13(9-28)17(12)20-27-26-19(30-20)11-4-2-1-3-5-11/h1-7,12-13,15,17H,8-10H2/t12-,13+,17?. The molecule has 0 spiro atoms. The predicted molar refractivity (Wildman–Crippen MR) is 109 cm³/mol. The van der Waals surface area contributed by atoms with E-state index in [0.717, 1.165) is 28.7 Å². The number of piperidine rings is 1. The first-order valence-corrected chi connectivity index (χ1v) is 10.6. The SMILES string of the molecule is FC(F)Cn1ncc2ncc(N3C[C@@H]4C(c5nnc(-c6ccccc6)s5)[C@@H]4C3)nc21.